The van der Waals surface area contributed by atoms with E-state index >= 15 is 0 Å². The van der Waals surface area contributed by atoms with Crippen molar-refractivity contribution >= 4 is 40.6 Å². The Morgan fingerprint density at radius 2 is 1.69 bits per heavy atom. The van der Waals surface area contributed by atoms with Gasteiger partial charge in [0, 0.05) is 42.1 Å². The van der Waals surface area contributed by atoms with Crippen LogP contribution in [0.3, 0.4) is 0 Å². The number of carbonyl (C=O) groups is 1. The second-order valence-electron chi connectivity index (χ2n) is 7.91. The maximum absolute atomic E-state index is 13.8. The number of rotatable bonds is 5. The fraction of sp³-hybridized carbons (Fsp3) is 0.217. The number of nitro benzene ring substituents is 1. The van der Waals surface area contributed by atoms with Gasteiger partial charge in [-0.3, -0.25) is 14.9 Å². The molecule has 1 fully saturated rings. The summed E-state index contributed by atoms with van der Waals surface area (Å²) in [4.78, 5) is 29.0. The molecule has 13 heteroatoms. The summed E-state index contributed by atoms with van der Waals surface area (Å²) in [6.07, 6.45) is 2.39. The van der Waals surface area contributed by atoms with E-state index in [0.29, 0.717) is 30.2 Å². The maximum atomic E-state index is 13.8. The van der Waals surface area contributed by atoms with Gasteiger partial charge in [-0.2, -0.15) is 0 Å². The van der Waals surface area contributed by atoms with Gasteiger partial charge in [-0.15, -0.1) is 11.3 Å². The Hall–Kier alpha value is -3.38. The Kier molecular flexibility index (Phi) is 7.36. The van der Waals surface area contributed by atoms with E-state index in [0.717, 1.165) is 11.1 Å². The molecule has 0 saturated carbocycles. The number of hydrogen-bond donors (Lipinski definition) is 0. The minimum Gasteiger partial charge on any atom is -0.339 e. The van der Waals surface area contributed by atoms with E-state index in [1.807, 2.05) is 0 Å². The van der Waals surface area contributed by atoms with Crippen molar-refractivity contribution in [1.82, 2.24) is 9.88 Å². The van der Waals surface area contributed by atoms with Crippen molar-refractivity contribution in [2.45, 2.75) is 18.8 Å². The van der Waals surface area contributed by atoms with Crippen LogP contribution in [0, 0.1) is 39.2 Å². The first kappa shape index (κ1) is 25.7. The standard InChI is InChI=1S/C23H15ClF5N3O3S/c24-14-3-1-12(9-16(14)32(34)35)15-10-36-23(30-15)11-5-7-31(8-6-11)17(33)4-2-13-18(25)20(27)22(29)21(28)19(13)26/h1-4,9-11H,5-8H2/b4-2+. The van der Waals surface area contributed by atoms with E-state index in [1.54, 1.807) is 11.4 Å². The third-order valence-corrected chi connectivity index (χ3v) is 7.08. The van der Waals surface area contributed by atoms with Crippen LogP contribution in [0.5, 0.6) is 0 Å². The average molecular weight is 544 g/mol. The van der Waals surface area contributed by atoms with Crippen molar-refractivity contribution in [1.29, 1.82) is 0 Å². The Labute approximate surface area is 209 Å². The summed E-state index contributed by atoms with van der Waals surface area (Å²) in [7, 11) is 0. The number of nitro groups is 1. The number of likely N-dealkylation sites (tertiary alicyclic amines) is 1. The molecule has 2 heterocycles. The van der Waals surface area contributed by atoms with Gasteiger partial charge < -0.3 is 4.90 Å². The predicted molar refractivity (Wildman–Crippen MR) is 123 cm³/mol. The fourth-order valence-corrected chi connectivity index (χ4v) is 4.98. The molecule has 3 aromatic rings. The van der Waals surface area contributed by atoms with E-state index in [-0.39, 0.29) is 29.7 Å². The third-order valence-electron chi connectivity index (χ3n) is 5.75. The summed E-state index contributed by atoms with van der Waals surface area (Å²) < 4.78 is 67.4. The Bertz CT molecular complexity index is 1360. The molecule has 2 aromatic carbocycles. The molecule has 1 saturated heterocycles. The lowest BCUT2D eigenvalue weighted by Gasteiger charge is -2.30. The molecule has 0 aliphatic carbocycles. The number of thiazole rings is 1. The van der Waals surface area contributed by atoms with Gasteiger partial charge in [0.1, 0.15) is 5.02 Å². The van der Waals surface area contributed by atoms with E-state index < -0.39 is 45.5 Å². The van der Waals surface area contributed by atoms with Crippen molar-refractivity contribution in [3.63, 3.8) is 0 Å². The highest BCUT2D eigenvalue weighted by Gasteiger charge is 2.27. The number of nitrogens with zero attached hydrogens (tertiary/aromatic N) is 3. The van der Waals surface area contributed by atoms with Gasteiger partial charge in [-0.05, 0) is 25.0 Å². The molecule has 1 aliphatic rings. The van der Waals surface area contributed by atoms with Crippen LogP contribution in [0.4, 0.5) is 27.6 Å². The highest BCUT2D eigenvalue weighted by Crippen LogP contribution is 2.35. The molecule has 0 atom stereocenters. The lowest BCUT2D eigenvalue weighted by Crippen LogP contribution is -2.36. The summed E-state index contributed by atoms with van der Waals surface area (Å²) in [6, 6.07) is 4.41. The van der Waals surface area contributed by atoms with Crippen LogP contribution in [0.2, 0.25) is 5.02 Å². The van der Waals surface area contributed by atoms with Crippen molar-refractivity contribution < 1.29 is 31.7 Å². The van der Waals surface area contributed by atoms with Crippen molar-refractivity contribution in [2.24, 2.45) is 0 Å². The van der Waals surface area contributed by atoms with E-state index in [1.165, 1.54) is 28.4 Å². The summed E-state index contributed by atoms with van der Waals surface area (Å²) >= 11 is 7.23. The second kappa shape index (κ2) is 10.3. The van der Waals surface area contributed by atoms with Crippen LogP contribution in [0.1, 0.15) is 29.3 Å². The maximum Gasteiger partial charge on any atom is 0.288 e. The van der Waals surface area contributed by atoms with Crippen LogP contribution >= 0.6 is 22.9 Å². The molecular formula is C23H15ClF5N3O3S. The summed E-state index contributed by atoms with van der Waals surface area (Å²) in [6.45, 7) is 0.568. The monoisotopic (exact) mass is 543 g/mol. The predicted octanol–water partition coefficient (Wildman–Crippen LogP) is 6.49. The topological polar surface area (TPSA) is 76.3 Å². The van der Waals surface area contributed by atoms with Crippen LogP contribution in [-0.2, 0) is 4.79 Å². The first-order valence-electron chi connectivity index (χ1n) is 10.5. The van der Waals surface area contributed by atoms with E-state index in [4.69, 9.17) is 11.6 Å². The normalized spacial score (nSPS) is 14.6. The van der Waals surface area contributed by atoms with Crippen molar-refractivity contribution in [3.8, 4) is 11.3 Å². The van der Waals surface area contributed by atoms with Crippen LogP contribution in [0.25, 0.3) is 17.3 Å². The number of benzene rings is 2. The zero-order valence-corrected chi connectivity index (χ0v) is 19.7. The van der Waals surface area contributed by atoms with Gasteiger partial charge in [0.15, 0.2) is 23.3 Å². The van der Waals surface area contributed by atoms with Crippen molar-refractivity contribution in [3.05, 3.63) is 84.4 Å². The van der Waals surface area contributed by atoms with Crippen LogP contribution < -0.4 is 0 Å². The molecule has 4 rings (SSSR count). The highest BCUT2D eigenvalue weighted by molar-refractivity contribution is 7.10. The largest absolute Gasteiger partial charge is 0.339 e. The lowest BCUT2D eigenvalue weighted by molar-refractivity contribution is -0.384. The quantitative estimate of drug-likeness (QED) is 0.0921. The van der Waals surface area contributed by atoms with Gasteiger partial charge in [0.2, 0.25) is 11.7 Å². The highest BCUT2D eigenvalue weighted by atomic mass is 35.5. The zero-order chi connectivity index (χ0) is 26.1. The summed E-state index contributed by atoms with van der Waals surface area (Å²) in [5.41, 5.74) is -0.319. The van der Waals surface area contributed by atoms with Gasteiger partial charge in [-0.25, -0.2) is 26.9 Å². The molecule has 0 spiro atoms. The Morgan fingerprint density at radius 1 is 1.08 bits per heavy atom. The molecule has 0 bridgehead atoms. The second-order valence-corrected chi connectivity index (χ2v) is 9.21. The van der Waals surface area contributed by atoms with Gasteiger partial charge >= 0.3 is 0 Å². The molecule has 1 aromatic heterocycles. The molecule has 1 aliphatic heterocycles. The minimum atomic E-state index is -2.27. The first-order chi connectivity index (χ1) is 17.1. The molecule has 0 radical (unpaired) electrons. The fourth-order valence-electron chi connectivity index (χ4n) is 3.79. The van der Waals surface area contributed by atoms with Gasteiger partial charge in [-0.1, -0.05) is 17.7 Å². The van der Waals surface area contributed by atoms with E-state index in [9.17, 15) is 36.9 Å². The smallest absolute Gasteiger partial charge is 0.288 e. The molecule has 6 nitrogen and oxygen atoms in total. The minimum absolute atomic E-state index is 0.00856. The number of amides is 1. The van der Waals surface area contributed by atoms with Gasteiger partial charge in [0.25, 0.3) is 5.69 Å². The Balaban J connectivity index is 1.41. The number of halogens is 6. The zero-order valence-electron chi connectivity index (χ0n) is 18.1. The van der Waals surface area contributed by atoms with E-state index in [2.05, 4.69) is 4.98 Å². The third kappa shape index (κ3) is 4.96. The average Bonchev–Trinajstić information content (AvgIpc) is 3.36. The molecule has 0 unspecified atom stereocenters. The summed E-state index contributed by atoms with van der Waals surface area (Å²) in [5.74, 6) is -11.1. The molecule has 0 N–H and O–H groups in total. The lowest BCUT2D eigenvalue weighted by atomic mass is 9.97. The molecule has 36 heavy (non-hydrogen) atoms. The van der Waals surface area contributed by atoms with Gasteiger partial charge in [0.05, 0.1) is 21.2 Å². The number of carbonyl (C=O) groups excluding carboxylic acids is 1. The number of aromatic nitrogens is 1. The summed E-state index contributed by atoms with van der Waals surface area (Å²) in [5, 5.41) is 13.7. The number of hydrogen-bond acceptors (Lipinski definition) is 5. The van der Waals surface area contributed by atoms with Crippen molar-refractivity contribution in [2.75, 3.05) is 13.1 Å². The SMILES string of the molecule is O=C(/C=C/c1c(F)c(F)c(F)c(F)c1F)N1CCC(c2nc(-c3ccc(Cl)c([N+](=O)[O-])c3)cs2)CC1. The first-order valence-corrected chi connectivity index (χ1v) is 11.7. The van der Waals surface area contributed by atoms with Crippen LogP contribution in [0.15, 0.2) is 29.7 Å². The van der Waals surface area contributed by atoms with Crippen LogP contribution in [-0.4, -0.2) is 33.8 Å². The molecular weight excluding hydrogens is 529 g/mol. The molecule has 188 valence electrons. The Morgan fingerprint density at radius 3 is 2.31 bits per heavy atom. The molecule has 1 amide bonds. The number of piperidine rings is 1.